The van der Waals surface area contributed by atoms with Gasteiger partial charge in [0, 0.05) is 29.7 Å². The van der Waals surface area contributed by atoms with Gasteiger partial charge in [-0.2, -0.15) is 11.3 Å². The van der Waals surface area contributed by atoms with E-state index in [1.54, 1.807) is 21.8 Å². The van der Waals surface area contributed by atoms with Gasteiger partial charge >= 0.3 is 0 Å². The Morgan fingerprint density at radius 3 is 3.14 bits per heavy atom. The van der Waals surface area contributed by atoms with Crippen LogP contribution >= 0.6 is 22.7 Å². The number of thiophene rings is 1. The number of aryl methyl sites for hydroxylation is 1. The Morgan fingerprint density at radius 1 is 1.41 bits per heavy atom. The Hall–Kier alpha value is -1.50. The lowest BCUT2D eigenvalue weighted by molar-refractivity contribution is 0.246. The lowest BCUT2D eigenvalue weighted by atomic mass is 10.1. The maximum absolute atomic E-state index is 12.3. The van der Waals surface area contributed by atoms with Crippen molar-refractivity contribution in [1.29, 1.82) is 0 Å². The molecule has 4 nitrogen and oxygen atoms in total. The topological polar surface area (TPSA) is 37.6 Å². The van der Waals surface area contributed by atoms with Gasteiger partial charge < -0.3 is 0 Å². The van der Waals surface area contributed by atoms with E-state index < -0.39 is 0 Å². The standard InChI is InChI=1S/C16H17N3OS2/c1-11-9-22-16-17-13(7-15(20)19(11)16)8-18-5-2-3-14(18)12-4-6-21-10-12/h4,6-7,9-10,14H,2-3,5,8H2,1H3. The number of rotatable bonds is 3. The van der Waals surface area contributed by atoms with E-state index in [1.807, 2.05) is 12.3 Å². The normalized spacial score (nSPS) is 19.2. The first kappa shape index (κ1) is 14.1. The van der Waals surface area contributed by atoms with E-state index in [0.29, 0.717) is 6.04 Å². The van der Waals surface area contributed by atoms with E-state index in [-0.39, 0.29) is 5.56 Å². The Labute approximate surface area is 136 Å². The highest BCUT2D eigenvalue weighted by Crippen LogP contribution is 2.33. The summed E-state index contributed by atoms with van der Waals surface area (Å²) in [6.07, 6.45) is 2.40. The molecule has 0 aliphatic carbocycles. The smallest absolute Gasteiger partial charge is 0.259 e. The Morgan fingerprint density at radius 2 is 2.32 bits per heavy atom. The molecule has 1 fully saturated rings. The van der Waals surface area contributed by atoms with Gasteiger partial charge in [-0.05, 0) is 48.7 Å². The van der Waals surface area contributed by atoms with E-state index >= 15 is 0 Å². The molecule has 4 heterocycles. The van der Waals surface area contributed by atoms with Gasteiger partial charge in [0.1, 0.15) is 0 Å². The van der Waals surface area contributed by atoms with Crippen molar-refractivity contribution in [2.45, 2.75) is 32.4 Å². The highest BCUT2D eigenvalue weighted by molar-refractivity contribution is 7.15. The van der Waals surface area contributed by atoms with Gasteiger partial charge in [0.2, 0.25) is 0 Å². The zero-order valence-corrected chi connectivity index (χ0v) is 14.0. The third kappa shape index (κ3) is 2.41. The number of hydrogen-bond acceptors (Lipinski definition) is 5. The first-order chi connectivity index (χ1) is 10.7. The minimum absolute atomic E-state index is 0.0324. The summed E-state index contributed by atoms with van der Waals surface area (Å²) in [5, 5.41) is 6.35. The molecule has 114 valence electrons. The molecule has 0 saturated carbocycles. The van der Waals surface area contributed by atoms with Gasteiger partial charge in [0.15, 0.2) is 4.96 Å². The number of fused-ring (bicyclic) bond motifs is 1. The van der Waals surface area contributed by atoms with Gasteiger partial charge in [0.25, 0.3) is 5.56 Å². The van der Waals surface area contributed by atoms with Crippen LogP contribution in [0.2, 0.25) is 0 Å². The molecule has 3 aromatic heterocycles. The minimum atomic E-state index is 0.0324. The van der Waals surface area contributed by atoms with Gasteiger partial charge in [-0.3, -0.25) is 14.1 Å². The van der Waals surface area contributed by atoms with Crippen molar-refractivity contribution < 1.29 is 0 Å². The van der Waals surface area contributed by atoms with E-state index in [1.165, 1.54) is 29.7 Å². The van der Waals surface area contributed by atoms with Crippen LogP contribution in [0.4, 0.5) is 0 Å². The van der Waals surface area contributed by atoms with E-state index in [0.717, 1.165) is 29.4 Å². The average Bonchev–Trinajstić information content (AvgIpc) is 3.19. The summed E-state index contributed by atoms with van der Waals surface area (Å²) in [5.41, 5.74) is 3.27. The first-order valence-electron chi connectivity index (χ1n) is 7.45. The predicted molar refractivity (Wildman–Crippen MR) is 90.8 cm³/mol. The van der Waals surface area contributed by atoms with Crippen LogP contribution < -0.4 is 5.56 Å². The van der Waals surface area contributed by atoms with Crippen LogP contribution in [-0.2, 0) is 6.54 Å². The lowest BCUT2D eigenvalue weighted by Gasteiger charge is -2.23. The Bertz CT molecular complexity index is 850. The van der Waals surface area contributed by atoms with Crippen LogP contribution in [0.15, 0.2) is 33.1 Å². The minimum Gasteiger partial charge on any atom is -0.290 e. The molecule has 6 heteroatoms. The molecule has 1 aliphatic heterocycles. The van der Waals surface area contributed by atoms with Crippen LogP contribution in [0.1, 0.15) is 35.8 Å². The van der Waals surface area contributed by atoms with Crippen LogP contribution in [0.25, 0.3) is 4.96 Å². The van der Waals surface area contributed by atoms with Crippen molar-refractivity contribution in [3.05, 3.63) is 55.6 Å². The molecule has 0 N–H and O–H groups in total. The van der Waals surface area contributed by atoms with Crippen LogP contribution in [0, 0.1) is 6.92 Å². The molecule has 0 bridgehead atoms. The van der Waals surface area contributed by atoms with E-state index in [9.17, 15) is 4.79 Å². The zero-order chi connectivity index (χ0) is 15.1. The van der Waals surface area contributed by atoms with Crippen molar-refractivity contribution in [2.24, 2.45) is 0 Å². The third-order valence-electron chi connectivity index (χ3n) is 4.29. The number of thiazole rings is 1. The molecule has 1 atom stereocenters. The Balaban J connectivity index is 1.64. The predicted octanol–water partition coefficient (Wildman–Crippen LogP) is 3.46. The largest absolute Gasteiger partial charge is 0.290 e. The molecule has 0 amide bonds. The molecular weight excluding hydrogens is 314 g/mol. The highest BCUT2D eigenvalue weighted by atomic mass is 32.1. The fourth-order valence-electron chi connectivity index (χ4n) is 3.25. The second-order valence-electron chi connectivity index (χ2n) is 5.77. The fraction of sp³-hybridized carbons (Fsp3) is 0.375. The molecule has 1 saturated heterocycles. The molecule has 22 heavy (non-hydrogen) atoms. The van der Waals surface area contributed by atoms with Crippen LogP contribution in [-0.4, -0.2) is 20.8 Å². The van der Waals surface area contributed by atoms with Gasteiger partial charge in [0.05, 0.1) is 5.69 Å². The molecule has 1 unspecified atom stereocenters. The van der Waals surface area contributed by atoms with Crippen LogP contribution in [0.3, 0.4) is 0 Å². The maximum atomic E-state index is 12.3. The monoisotopic (exact) mass is 331 g/mol. The Kier molecular flexibility index (Phi) is 3.60. The summed E-state index contributed by atoms with van der Waals surface area (Å²) in [6, 6.07) is 4.37. The van der Waals surface area contributed by atoms with E-state index in [4.69, 9.17) is 0 Å². The van der Waals surface area contributed by atoms with Crippen molar-refractivity contribution in [1.82, 2.24) is 14.3 Å². The van der Waals surface area contributed by atoms with Crippen molar-refractivity contribution in [3.8, 4) is 0 Å². The summed E-state index contributed by atoms with van der Waals surface area (Å²) < 4.78 is 1.69. The summed E-state index contributed by atoms with van der Waals surface area (Å²) in [7, 11) is 0. The summed E-state index contributed by atoms with van der Waals surface area (Å²) in [6.45, 7) is 3.77. The fourth-order valence-corrected chi connectivity index (χ4v) is 4.85. The second-order valence-corrected chi connectivity index (χ2v) is 7.38. The summed E-state index contributed by atoms with van der Waals surface area (Å²) in [5.74, 6) is 0. The summed E-state index contributed by atoms with van der Waals surface area (Å²) in [4.78, 5) is 20.2. The number of nitrogens with zero attached hydrogens (tertiary/aromatic N) is 3. The molecule has 0 spiro atoms. The van der Waals surface area contributed by atoms with Crippen molar-refractivity contribution in [2.75, 3.05) is 6.54 Å². The number of aromatic nitrogens is 2. The first-order valence-corrected chi connectivity index (χ1v) is 9.27. The molecule has 4 rings (SSSR count). The SMILES string of the molecule is Cc1csc2nc(CN3CCCC3c3ccsc3)cc(=O)n12. The van der Waals surface area contributed by atoms with Gasteiger partial charge in [-0.1, -0.05) is 0 Å². The molecule has 3 aromatic rings. The van der Waals surface area contributed by atoms with Crippen LogP contribution in [0.5, 0.6) is 0 Å². The zero-order valence-electron chi connectivity index (χ0n) is 12.4. The third-order valence-corrected chi connectivity index (χ3v) is 5.93. The second kappa shape index (κ2) is 5.61. The molecular formula is C16H17N3OS2. The van der Waals surface area contributed by atoms with Crippen molar-refractivity contribution in [3.63, 3.8) is 0 Å². The van der Waals surface area contributed by atoms with Crippen molar-refractivity contribution >= 4 is 27.6 Å². The summed E-state index contributed by atoms with van der Waals surface area (Å²) >= 11 is 3.28. The van der Waals surface area contributed by atoms with Gasteiger partial charge in [-0.15, -0.1) is 11.3 Å². The van der Waals surface area contributed by atoms with E-state index in [2.05, 4.69) is 26.7 Å². The molecule has 0 aromatic carbocycles. The molecule has 1 aliphatic rings. The number of likely N-dealkylation sites (tertiary alicyclic amines) is 1. The quantitative estimate of drug-likeness (QED) is 0.737. The average molecular weight is 331 g/mol. The number of hydrogen-bond donors (Lipinski definition) is 0. The van der Waals surface area contributed by atoms with Gasteiger partial charge in [-0.25, -0.2) is 4.98 Å². The lowest BCUT2D eigenvalue weighted by Crippen LogP contribution is -2.25. The maximum Gasteiger partial charge on any atom is 0.259 e. The highest BCUT2D eigenvalue weighted by Gasteiger charge is 2.26. The molecule has 0 radical (unpaired) electrons.